The molecule has 0 aromatic carbocycles. The van der Waals surface area contributed by atoms with Gasteiger partial charge in [-0.1, -0.05) is 11.6 Å². The second kappa shape index (κ2) is 6.13. The Morgan fingerprint density at radius 3 is 3.10 bits per heavy atom. The lowest BCUT2D eigenvalue weighted by atomic mass is 10.2. The zero-order valence-electron chi connectivity index (χ0n) is 11.4. The summed E-state index contributed by atoms with van der Waals surface area (Å²) >= 11 is 1.45. The average molecular weight is 304 g/mol. The van der Waals surface area contributed by atoms with Gasteiger partial charge in [-0.25, -0.2) is 4.98 Å². The van der Waals surface area contributed by atoms with Crippen LogP contribution in [0.1, 0.15) is 30.7 Å². The lowest BCUT2D eigenvalue weighted by Gasteiger charge is -2.06. The van der Waals surface area contributed by atoms with Crippen LogP contribution in [0.3, 0.4) is 0 Å². The summed E-state index contributed by atoms with van der Waals surface area (Å²) in [6, 6.07) is 3.47. The van der Waals surface area contributed by atoms with Crippen LogP contribution in [0, 0.1) is 0 Å². The quantitative estimate of drug-likeness (QED) is 0.387. The highest BCUT2D eigenvalue weighted by molar-refractivity contribution is 7.99. The Labute approximate surface area is 126 Å². The van der Waals surface area contributed by atoms with Crippen LogP contribution in [0.2, 0.25) is 0 Å². The zero-order chi connectivity index (χ0) is 14.7. The summed E-state index contributed by atoms with van der Waals surface area (Å²) in [6.45, 7) is 0.949. The first-order valence-electron chi connectivity index (χ1n) is 6.82. The molecule has 3 heterocycles. The van der Waals surface area contributed by atoms with Crippen LogP contribution in [0.5, 0.6) is 0 Å². The molecule has 0 saturated heterocycles. The standard InChI is InChI=1S/C13H16N6OS/c14-12(18-20)9-5-6-15-11(8-9)21-13-17-16-10-4-2-1-3-7-19(10)13/h5-6,8,20H,1-4,7H2,(H2,14,18). The second-order valence-corrected chi connectivity index (χ2v) is 5.82. The van der Waals surface area contributed by atoms with Gasteiger partial charge >= 0.3 is 0 Å². The summed E-state index contributed by atoms with van der Waals surface area (Å²) < 4.78 is 2.16. The number of fused-ring (bicyclic) bond motifs is 1. The lowest BCUT2D eigenvalue weighted by Crippen LogP contribution is -2.13. The van der Waals surface area contributed by atoms with Crippen molar-refractivity contribution in [2.45, 2.75) is 42.4 Å². The van der Waals surface area contributed by atoms with E-state index in [0.29, 0.717) is 5.56 Å². The van der Waals surface area contributed by atoms with Gasteiger partial charge in [-0.05, 0) is 36.7 Å². The molecule has 0 bridgehead atoms. The van der Waals surface area contributed by atoms with E-state index in [1.807, 2.05) is 0 Å². The Balaban J connectivity index is 1.86. The van der Waals surface area contributed by atoms with Crippen molar-refractivity contribution >= 4 is 17.6 Å². The van der Waals surface area contributed by atoms with Crippen molar-refractivity contribution in [2.24, 2.45) is 10.9 Å². The van der Waals surface area contributed by atoms with Crippen molar-refractivity contribution in [3.05, 3.63) is 29.7 Å². The SMILES string of the molecule is N/C(=N\O)c1ccnc(Sc2nnc3n2CCCCC3)c1. The van der Waals surface area contributed by atoms with Crippen molar-refractivity contribution in [3.63, 3.8) is 0 Å². The smallest absolute Gasteiger partial charge is 0.197 e. The van der Waals surface area contributed by atoms with Crippen LogP contribution in [-0.2, 0) is 13.0 Å². The number of oxime groups is 1. The molecule has 0 aliphatic carbocycles. The highest BCUT2D eigenvalue weighted by Crippen LogP contribution is 2.27. The summed E-state index contributed by atoms with van der Waals surface area (Å²) in [5, 5.41) is 21.8. The van der Waals surface area contributed by atoms with Crippen LogP contribution >= 0.6 is 11.8 Å². The molecular weight excluding hydrogens is 288 g/mol. The van der Waals surface area contributed by atoms with Gasteiger partial charge in [-0.2, -0.15) is 0 Å². The molecule has 3 rings (SSSR count). The molecule has 8 heteroatoms. The third kappa shape index (κ3) is 2.99. The highest BCUT2D eigenvalue weighted by Gasteiger charge is 2.16. The minimum absolute atomic E-state index is 0.0688. The molecule has 110 valence electrons. The average Bonchev–Trinajstić information content (AvgIpc) is 2.74. The molecule has 0 amide bonds. The van der Waals surface area contributed by atoms with Crippen LogP contribution in [-0.4, -0.2) is 30.8 Å². The van der Waals surface area contributed by atoms with E-state index in [1.165, 1.54) is 24.6 Å². The summed E-state index contributed by atoms with van der Waals surface area (Å²) in [5.41, 5.74) is 6.23. The zero-order valence-corrected chi connectivity index (χ0v) is 12.3. The predicted octanol–water partition coefficient (Wildman–Crippen LogP) is 1.65. The molecule has 21 heavy (non-hydrogen) atoms. The molecule has 7 nitrogen and oxygen atoms in total. The normalized spacial score (nSPS) is 15.5. The van der Waals surface area contributed by atoms with Crippen LogP contribution < -0.4 is 5.73 Å². The number of pyridine rings is 1. The van der Waals surface area contributed by atoms with Crippen LogP contribution in [0.25, 0.3) is 0 Å². The van der Waals surface area contributed by atoms with Gasteiger partial charge in [0.1, 0.15) is 10.9 Å². The Morgan fingerprint density at radius 1 is 1.33 bits per heavy atom. The molecule has 1 aliphatic heterocycles. The maximum Gasteiger partial charge on any atom is 0.197 e. The number of aryl methyl sites for hydroxylation is 1. The van der Waals surface area contributed by atoms with E-state index in [1.54, 1.807) is 18.3 Å². The van der Waals surface area contributed by atoms with E-state index >= 15 is 0 Å². The number of hydrogen-bond donors (Lipinski definition) is 2. The molecule has 0 fully saturated rings. The first-order chi connectivity index (χ1) is 10.3. The Bertz CT molecular complexity index is 668. The molecular formula is C13H16N6OS. The summed E-state index contributed by atoms with van der Waals surface area (Å²) in [6.07, 6.45) is 6.15. The maximum atomic E-state index is 8.73. The summed E-state index contributed by atoms with van der Waals surface area (Å²) in [4.78, 5) is 4.29. The van der Waals surface area contributed by atoms with Gasteiger partial charge in [-0.15, -0.1) is 10.2 Å². The van der Waals surface area contributed by atoms with E-state index < -0.39 is 0 Å². The van der Waals surface area contributed by atoms with E-state index in [4.69, 9.17) is 10.9 Å². The van der Waals surface area contributed by atoms with E-state index in [2.05, 4.69) is 24.9 Å². The first-order valence-corrected chi connectivity index (χ1v) is 7.63. The van der Waals surface area contributed by atoms with E-state index in [0.717, 1.165) is 35.4 Å². The van der Waals surface area contributed by atoms with E-state index in [9.17, 15) is 0 Å². The van der Waals surface area contributed by atoms with Crippen LogP contribution in [0.15, 0.2) is 33.7 Å². The fourth-order valence-electron chi connectivity index (χ4n) is 2.31. The number of nitrogens with two attached hydrogens (primary N) is 1. The van der Waals surface area contributed by atoms with Crippen LogP contribution in [0.4, 0.5) is 0 Å². The minimum atomic E-state index is 0.0688. The molecule has 3 N–H and O–H groups in total. The maximum absolute atomic E-state index is 8.73. The number of nitrogens with zero attached hydrogens (tertiary/aromatic N) is 5. The number of hydrogen-bond acceptors (Lipinski definition) is 6. The molecule has 1 aliphatic rings. The fraction of sp³-hybridized carbons (Fsp3) is 0.385. The van der Waals surface area contributed by atoms with Crippen molar-refractivity contribution in [1.29, 1.82) is 0 Å². The lowest BCUT2D eigenvalue weighted by molar-refractivity contribution is 0.318. The largest absolute Gasteiger partial charge is 0.409 e. The van der Waals surface area contributed by atoms with Crippen molar-refractivity contribution in [1.82, 2.24) is 19.7 Å². The molecule has 0 atom stereocenters. The monoisotopic (exact) mass is 304 g/mol. The third-order valence-electron chi connectivity index (χ3n) is 3.41. The first kappa shape index (κ1) is 13.9. The van der Waals surface area contributed by atoms with E-state index in [-0.39, 0.29) is 5.84 Å². The predicted molar refractivity (Wildman–Crippen MR) is 78.4 cm³/mol. The van der Waals surface area contributed by atoms with Gasteiger partial charge in [0.05, 0.1) is 0 Å². The molecule has 2 aromatic rings. The number of aromatic nitrogens is 4. The Hall–Kier alpha value is -2.09. The summed E-state index contributed by atoms with van der Waals surface area (Å²) in [7, 11) is 0. The third-order valence-corrected chi connectivity index (χ3v) is 4.33. The molecule has 0 radical (unpaired) electrons. The fourth-order valence-corrected chi connectivity index (χ4v) is 3.18. The van der Waals surface area contributed by atoms with Gasteiger partial charge in [0, 0.05) is 24.7 Å². The van der Waals surface area contributed by atoms with Gasteiger partial charge in [-0.3, -0.25) is 0 Å². The summed E-state index contributed by atoms with van der Waals surface area (Å²) in [5.74, 6) is 1.11. The molecule has 0 spiro atoms. The Kier molecular flexibility index (Phi) is 4.05. The number of rotatable bonds is 3. The van der Waals surface area contributed by atoms with Crippen molar-refractivity contribution in [3.8, 4) is 0 Å². The van der Waals surface area contributed by atoms with Gasteiger partial charge in [0.15, 0.2) is 11.0 Å². The van der Waals surface area contributed by atoms with Gasteiger partial charge in [0.25, 0.3) is 0 Å². The number of amidine groups is 1. The molecule has 2 aromatic heterocycles. The topological polar surface area (TPSA) is 102 Å². The molecule has 0 unspecified atom stereocenters. The van der Waals surface area contributed by atoms with Gasteiger partial charge < -0.3 is 15.5 Å². The Morgan fingerprint density at radius 2 is 2.24 bits per heavy atom. The molecule has 0 saturated carbocycles. The highest BCUT2D eigenvalue weighted by atomic mass is 32.2. The van der Waals surface area contributed by atoms with Crippen molar-refractivity contribution in [2.75, 3.05) is 0 Å². The van der Waals surface area contributed by atoms with Gasteiger partial charge in [0.2, 0.25) is 0 Å². The second-order valence-electron chi connectivity index (χ2n) is 4.83. The minimum Gasteiger partial charge on any atom is -0.409 e. The van der Waals surface area contributed by atoms with Crippen molar-refractivity contribution < 1.29 is 5.21 Å².